The van der Waals surface area contributed by atoms with Crippen LogP contribution in [0.5, 0.6) is 0 Å². The Labute approximate surface area is 97.5 Å². The van der Waals surface area contributed by atoms with Gasteiger partial charge in [-0.25, -0.2) is 9.97 Å². The first-order chi connectivity index (χ1) is 7.52. The molecule has 0 amide bonds. The Bertz CT molecular complexity index is 339. The van der Waals surface area contributed by atoms with Gasteiger partial charge in [0.25, 0.3) is 0 Å². The van der Waals surface area contributed by atoms with Gasteiger partial charge in [-0.05, 0) is 13.8 Å². The van der Waals surface area contributed by atoms with Crippen LogP contribution in [0, 0.1) is 6.92 Å². The molecule has 0 aliphatic rings. The van der Waals surface area contributed by atoms with Gasteiger partial charge in [0.2, 0.25) is 0 Å². The number of nitrogens with zero attached hydrogens (tertiary/aromatic N) is 2. The molecule has 0 saturated heterocycles. The zero-order valence-electron chi connectivity index (χ0n) is 10.7. The summed E-state index contributed by atoms with van der Waals surface area (Å²) in [6.45, 7) is 8.91. The summed E-state index contributed by atoms with van der Waals surface area (Å²) in [7, 11) is 1.70. The van der Waals surface area contributed by atoms with E-state index < -0.39 is 0 Å². The number of aromatic nitrogens is 2. The SMILES string of the molecule is COCC(C)Nc1cc(C)nc(C(C)C)n1. The zero-order chi connectivity index (χ0) is 12.1. The van der Waals surface area contributed by atoms with Crippen LogP contribution in [0.3, 0.4) is 0 Å². The van der Waals surface area contributed by atoms with Crippen molar-refractivity contribution in [2.24, 2.45) is 0 Å². The molecule has 0 aliphatic carbocycles. The number of rotatable bonds is 5. The molecule has 4 heteroatoms. The molecule has 1 N–H and O–H groups in total. The van der Waals surface area contributed by atoms with E-state index >= 15 is 0 Å². The molecule has 90 valence electrons. The number of hydrogen-bond acceptors (Lipinski definition) is 4. The average molecular weight is 223 g/mol. The summed E-state index contributed by atoms with van der Waals surface area (Å²) in [6, 6.07) is 2.21. The number of nitrogens with one attached hydrogen (secondary N) is 1. The van der Waals surface area contributed by atoms with E-state index in [1.165, 1.54) is 0 Å². The molecule has 1 rings (SSSR count). The fourth-order valence-electron chi connectivity index (χ4n) is 1.47. The van der Waals surface area contributed by atoms with Crippen LogP contribution in [0.25, 0.3) is 0 Å². The van der Waals surface area contributed by atoms with Gasteiger partial charge in [-0.3, -0.25) is 0 Å². The highest BCUT2D eigenvalue weighted by Gasteiger charge is 2.08. The fraction of sp³-hybridized carbons (Fsp3) is 0.667. The normalized spacial score (nSPS) is 12.9. The predicted octanol–water partition coefficient (Wildman–Crippen LogP) is 2.36. The van der Waals surface area contributed by atoms with Gasteiger partial charge in [0.15, 0.2) is 0 Å². The largest absolute Gasteiger partial charge is 0.383 e. The second kappa shape index (κ2) is 5.80. The first kappa shape index (κ1) is 12.9. The van der Waals surface area contributed by atoms with Crippen LogP contribution in [0.15, 0.2) is 6.07 Å². The molecular weight excluding hydrogens is 202 g/mol. The summed E-state index contributed by atoms with van der Waals surface area (Å²) in [4.78, 5) is 8.88. The van der Waals surface area contributed by atoms with E-state index in [-0.39, 0.29) is 6.04 Å². The van der Waals surface area contributed by atoms with Gasteiger partial charge in [-0.2, -0.15) is 0 Å². The van der Waals surface area contributed by atoms with Crippen LogP contribution in [-0.4, -0.2) is 29.7 Å². The molecular formula is C12H21N3O. The zero-order valence-corrected chi connectivity index (χ0v) is 10.7. The number of hydrogen-bond donors (Lipinski definition) is 1. The maximum Gasteiger partial charge on any atom is 0.133 e. The summed E-state index contributed by atoms with van der Waals surface area (Å²) < 4.78 is 5.08. The van der Waals surface area contributed by atoms with Crippen molar-refractivity contribution in [3.63, 3.8) is 0 Å². The molecule has 1 heterocycles. The second-order valence-corrected chi connectivity index (χ2v) is 4.41. The minimum absolute atomic E-state index is 0.249. The van der Waals surface area contributed by atoms with Crippen molar-refractivity contribution in [1.82, 2.24) is 9.97 Å². The van der Waals surface area contributed by atoms with Gasteiger partial charge in [-0.1, -0.05) is 13.8 Å². The van der Waals surface area contributed by atoms with E-state index in [1.807, 2.05) is 13.0 Å². The van der Waals surface area contributed by atoms with Crippen LogP contribution < -0.4 is 5.32 Å². The monoisotopic (exact) mass is 223 g/mol. The molecule has 0 fully saturated rings. The van der Waals surface area contributed by atoms with Crippen LogP contribution in [0.2, 0.25) is 0 Å². The lowest BCUT2D eigenvalue weighted by molar-refractivity contribution is 0.190. The molecule has 1 atom stereocenters. The summed E-state index contributed by atoms with van der Waals surface area (Å²) in [6.07, 6.45) is 0. The van der Waals surface area contributed by atoms with Gasteiger partial charge >= 0.3 is 0 Å². The van der Waals surface area contributed by atoms with Crippen LogP contribution in [0.4, 0.5) is 5.82 Å². The second-order valence-electron chi connectivity index (χ2n) is 4.41. The van der Waals surface area contributed by atoms with Gasteiger partial charge < -0.3 is 10.1 Å². The first-order valence-corrected chi connectivity index (χ1v) is 5.64. The maximum atomic E-state index is 5.08. The minimum atomic E-state index is 0.249. The van der Waals surface area contributed by atoms with Crippen LogP contribution in [0.1, 0.15) is 38.2 Å². The maximum absolute atomic E-state index is 5.08. The third-order valence-electron chi connectivity index (χ3n) is 2.20. The lowest BCUT2D eigenvalue weighted by atomic mass is 10.2. The highest BCUT2D eigenvalue weighted by Crippen LogP contribution is 2.14. The Balaban J connectivity index is 2.80. The summed E-state index contributed by atoms with van der Waals surface area (Å²) in [5, 5.41) is 3.30. The number of anilines is 1. The molecule has 16 heavy (non-hydrogen) atoms. The summed E-state index contributed by atoms with van der Waals surface area (Å²) in [5.41, 5.74) is 0.991. The predicted molar refractivity (Wildman–Crippen MR) is 65.8 cm³/mol. The van der Waals surface area contributed by atoms with Crippen molar-refractivity contribution < 1.29 is 4.74 Å². The molecule has 4 nitrogen and oxygen atoms in total. The first-order valence-electron chi connectivity index (χ1n) is 5.64. The van der Waals surface area contributed by atoms with Crippen molar-refractivity contribution in [1.29, 1.82) is 0 Å². The van der Waals surface area contributed by atoms with E-state index in [1.54, 1.807) is 7.11 Å². The lowest BCUT2D eigenvalue weighted by Gasteiger charge is -2.15. The molecule has 0 aromatic carbocycles. The third kappa shape index (κ3) is 3.77. The third-order valence-corrected chi connectivity index (χ3v) is 2.20. The molecule has 1 aromatic heterocycles. The summed E-state index contributed by atoms with van der Waals surface area (Å²) in [5.74, 6) is 2.10. The van der Waals surface area contributed by atoms with E-state index in [4.69, 9.17) is 4.74 Å². The Kier molecular flexibility index (Phi) is 4.68. The van der Waals surface area contributed by atoms with Crippen molar-refractivity contribution in [3.05, 3.63) is 17.6 Å². The van der Waals surface area contributed by atoms with E-state index in [0.717, 1.165) is 17.3 Å². The highest BCUT2D eigenvalue weighted by atomic mass is 16.5. The Morgan fingerprint density at radius 2 is 2.00 bits per heavy atom. The van der Waals surface area contributed by atoms with Crippen LogP contribution in [-0.2, 0) is 4.74 Å². The Morgan fingerprint density at radius 3 is 2.56 bits per heavy atom. The number of aryl methyl sites for hydroxylation is 1. The molecule has 0 spiro atoms. The van der Waals surface area contributed by atoms with Crippen molar-refractivity contribution in [2.75, 3.05) is 19.0 Å². The smallest absolute Gasteiger partial charge is 0.133 e. The number of ether oxygens (including phenoxy) is 1. The molecule has 0 bridgehead atoms. The van der Waals surface area contributed by atoms with Gasteiger partial charge in [0, 0.05) is 30.8 Å². The van der Waals surface area contributed by atoms with E-state index in [2.05, 4.69) is 36.1 Å². The van der Waals surface area contributed by atoms with Gasteiger partial charge in [-0.15, -0.1) is 0 Å². The molecule has 1 unspecified atom stereocenters. The van der Waals surface area contributed by atoms with Gasteiger partial charge in [0.05, 0.1) is 6.61 Å². The molecule has 0 saturated carbocycles. The lowest BCUT2D eigenvalue weighted by Crippen LogP contribution is -2.22. The fourth-order valence-corrected chi connectivity index (χ4v) is 1.47. The molecule has 0 radical (unpaired) electrons. The average Bonchev–Trinajstić information content (AvgIpc) is 2.16. The Hall–Kier alpha value is -1.16. The quantitative estimate of drug-likeness (QED) is 0.832. The van der Waals surface area contributed by atoms with Crippen LogP contribution >= 0.6 is 0 Å². The van der Waals surface area contributed by atoms with Gasteiger partial charge in [0.1, 0.15) is 11.6 Å². The Morgan fingerprint density at radius 1 is 1.31 bits per heavy atom. The van der Waals surface area contributed by atoms with E-state index in [9.17, 15) is 0 Å². The minimum Gasteiger partial charge on any atom is -0.383 e. The summed E-state index contributed by atoms with van der Waals surface area (Å²) >= 11 is 0. The van der Waals surface area contributed by atoms with E-state index in [0.29, 0.717) is 12.5 Å². The topological polar surface area (TPSA) is 47.0 Å². The number of methoxy groups -OCH3 is 1. The van der Waals surface area contributed by atoms with Crippen molar-refractivity contribution in [3.8, 4) is 0 Å². The molecule has 1 aromatic rings. The molecule has 0 aliphatic heterocycles. The van der Waals surface area contributed by atoms with Crippen molar-refractivity contribution in [2.45, 2.75) is 39.7 Å². The standard InChI is InChI=1S/C12H21N3O/c1-8(2)12-14-9(3)6-11(15-12)13-10(4)7-16-5/h6,8,10H,7H2,1-5H3,(H,13,14,15). The highest BCUT2D eigenvalue weighted by molar-refractivity contribution is 5.37. The van der Waals surface area contributed by atoms with Crippen molar-refractivity contribution >= 4 is 5.82 Å².